The topological polar surface area (TPSA) is 50.4 Å². The van der Waals surface area contributed by atoms with Gasteiger partial charge in [-0.05, 0) is 42.0 Å². The molecular formula is C17H19ClN2O2. The Hall–Kier alpha value is -2.20. The summed E-state index contributed by atoms with van der Waals surface area (Å²) in [6.07, 6.45) is 0.415. The number of methoxy groups -OCH3 is 1. The van der Waals surface area contributed by atoms with Gasteiger partial charge in [0.2, 0.25) is 5.91 Å². The fourth-order valence-corrected chi connectivity index (χ4v) is 2.05. The van der Waals surface area contributed by atoms with Gasteiger partial charge >= 0.3 is 0 Å². The van der Waals surface area contributed by atoms with Gasteiger partial charge in [-0.2, -0.15) is 0 Å². The molecule has 0 atom stereocenters. The Morgan fingerprint density at radius 2 is 1.77 bits per heavy atom. The van der Waals surface area contributed by atoms with Crippen molar-refractivity contribution in [3.63, 3.8) is 0 Å². The van der Waals surface area contributed by atoms with Crippen molar-refractivity contribution in [3.8, 4) is 5.75 Å². The number of ether oxygens (including phenoxy) is 1. The van der Waals surface area contributed by atoms with Gasteiger partial charge in [0, 0.05) is 30.2 Å². The molecule has 1 amide bonds. The second-order valence-electron chi connectivity index (χ2n) is 4.81. The molecule has 0 aliphatic rings. The summed E-state index contributed by atoms with van der Waals surface area (Å²) in [5.74, 6) is 0.819. The van der Waals surface area contributed by atoms with Gasteiger partial charge in [0.15, 0.2) is 0 Å². The van der Waals surface area contributed by atoms with Crippen LogP contribution in [0.5, 0.6) is 5.75 Å². The van der Waals surface area contributed by atoms with Crippen LogP contribution in [-0.2, 0) is 11.3 Å². The van der Waals surface area contributed by atoms with Crippen molar-refractivity contribution in [1.82, 2.24) is 5.32 Å². The van der Waals surface area contributed by atoms with Gasteiger partial charge < -0.3 is 15.4 Å². The van der Waals surface area contributed by atoms with Crippen LogP contribution in [0, 0.1) is 0 Å². The molecule has 0 bridgehead atoms. The Labute approximate surface area is 135 Å². The fraction of sp³-hybridized carbons (Fsp3) is 0.235. The van der Waals surface area contributed by atoms with Gasteiger partial charge in [0.1, 0.15) is 5.75 Å². The molecular weight excluding hydrogens is 300 g/mol. The van der Waals surface area contributed by atoms with Crippen molar-refractivity contribution in [3.05, 3.63) is 59.1 Å². The van der Waals surface area contributed by atoms with Crippen LogP contribution in [0.3, 0.4) is 0 Å². The van der Waals surface area contributed by atoms with E-state index >= 15 is 0 Å². The number of amides is 1. The summed E-state index contributed by atoms with van der Waals surface area (Å²) in [5, 5.41) is 6.77. The average Bonchev–Trinajstić information content (AvgIpc) is 2.55. The van der Waals surface area contributed by atoms with Crippen LogP contribution in [-0.4, -0.2) is 19.6 Å². The molecule has 0 aliphatic heterocycles. The summed E-state index contributed by atoms with van der Waals surface area (Å²) in [6.45, 7) is 1.10. The number of anilines is 1. The minimum atomic E-state index is 0.0114. The molecule has 5 heteroatoms. The van der Waals surface area contributed by atoms with Crippen molar-refractivity contribution in [2.45, 2.75) is 13.0 Å². The number of halogens is 1. The van der Waals surface area contributed by atoms with Crippen LogP contribution >= 0.6 is 11.6 Å². The molecule has 2 aromatic carbocycles. The monoisotopic (exact) mass is 318 g/mol. The molecule has 0 spiro atoms. The van der Waals surface area contributed by atoms with Crippen LogP contribution in [0.15, 0.2) is 48.5 Å². The third-order valence-electron chi connectivity index (χ3n) is 3.17. The van der Waals surface area contributed by atoms with Gasteiger partial charge in [-0.25, -0.2) is 0 Å². The second kappa shape index (κ2) is 8.29. The van der Waals surface area contributed by atoms with Gasteiger partial charge in [-0.15, -0.1) is 0 Å². The van der Waals surface area contributed by atoms with Crippen molar-refractivity contribution in [2.75, 3.05) is 19.0 Å². The summed E-state index contributed by atoms with van der Waals surface area (Å²) >= 11 is 5.81. The number of benzene rings is 2. The Balaban J connectivity index is 1.68. The van der Waals surface area contributed by atoms with E-state index in [0.717, 1.165) is 17.0 Å². The minimum Gasteiger partial charge on any atom is -0.497 e. The summed E-state index contributed by atoms with van der Waals surface area (Å²) in [4.78, 5) is 11.8. The molecule has 0 aliphatic carbocycles. The zero-order valence-corrected chi connectivity index (χ0v) is 13.2. The number of rotatable bonds is 7. The van der Waals surface area contributed by atoms with Crippen LogP contribution < -0.4 is 15.4 Å². The fourth-order valence-electron chi connectivity index (χ4n) is 1.92. The lowest BCUT2D eigenvalue weighted by Crippen LogP contribution is -2.24. The van der Waals surface area contributed by atoms with Crippen molar-refractivity contribution in [2.24, 2.45) is 0 Å². The summed E-state index contributed by atoms with van der Waals surface area (Å²) in [5.41, 5.74) is 1.99. The Morgan fingerprint density at radius 3 is 2.41 bits per heavy atom. The first-order valence-electron chi connectivity index (χ1n) is 7.06. The highest BCUT2D eigenvalue weighted by molar-refractivity contribution is 6.30. The van der Waals surface area contributed by atoms with E-state index in [-0.39, 0.29) is 5.91 Å². The van der Waals surface area contributed by atoms with Crippen LogP contribution in [0.1, 0.15) is 12.0 Å². The van der Waals surface area contributed by atoms with Crippen LogP contribution in [0.25, 0.3) is 0 Å². The average molecular weight is 319 g/mol. The van der Waals surface area contributed by atoms with E-state index in [9.17, 15) is 4.79 Å². The van der Waals surface area contributed by atoms with Crippen molar-refractivity contribution >= 4 is 23.2 Å². The minimum absolute atomic E-state index is 0.0114. The lowest BCUT2D eigenvalue weighted by atomic mass is 10.2. The van der Waals surface area contributed by atoms with Gasteiger partial charge in [0.25, 0.3) is 0 Å². The molecule has 2 aromatic rings. The maximum absolute atomic E-state index is 11.8. The van der Waals surface area contributed by atoms with Crippen molar-refractivity contribution in [1.29, 1.82) is 0 Å². The molecule has 22 heavy (non-hydrogen) atoms. The van der Waals surface area contributed by atoms with E-state index in [0.29, 0.717) is 24.5 Å². The highest BCUT2D eigenvalue weighted by atomic mass is 35.5. The highest BCUT2D eigenvalue weighted by Crippen LogP contribution is 2.13. The van der Waals surface area contributed by atoms with Gasteiger partial charge in [0.05, 0.1) is 7.11 Å². The van der Waals surface area contributed by atoms with E-state index in [1.807, 2.05) is 48.5 Å². The number of nitrogens with one attached hydrogen (secondary N) is 2. The first kappa shape index (κ1) is 16.2. The SMILES string of the molecule is COc1ccc(CNC(=O)CCNc2ccc(Cl)cc2)cc1. The van der Waals surface area contributed by atoms with E-state index < -0.39 is 0 Å². The van der Waals surface area contributed by atoms with E-state index in [1.54, 1.807) is 7.11 Å². The maximum Gasteiger partial charge on any atom is 0.222 e. The van der Waals surface area contributed by atoms with Crippen LogP contribution in [0.4, 0.5) is 5.69 Å². The molecule has 0 radical (unpaired) electrons. The summed E-state index contributed by atoms with van der Waals surface area (Å²) in [7, 11) is 1.63. The molecule has 0 saturated carbocycles. The third kappa shape index (κ3) is 5.30. The number of hydrogen-bond acceptors (Lipinski definition) is 3. The molecule has 116 valence electrons. The second-order valence-corrected chi connectivity index (χ2v) is 5.24. The van der Waals surface area contributed by atoms with Gasteiger partial charge in [-0.1, -0.05) is 23.7 Å². The molecule has 2 N–H and O–H groups in total. The standard InChI is InChI=1S/C17H19ClN2O2/c1-22-16-8-2-13(3-9-16)12-20-17(21)10-11-19-15-6-4-14(18)5-7-15/h2-9,19H,10-12H2,1H3,(H,20,21). The first-order valence-corrected chi connectivity index (χ1v) is 7.44. The number of carbonyl (C=O) groups excluding carboxylic acids is 1. The van der Waals surface area contributed by atoms with E-state index in [4.69, 9.17) is 16.3 Å². The first-order chi connectivity index (χ1) is 10.7. The Bertz CT molecular complexity index is 597. The molecule has 0 saturated heterocycles. The van der Waals surface area contributed by atoms with E-state index in [2.05, 4.69) is 10.6 Å². The maximum atomic E-state index is 11.8. The Kier molecular flexibility index (Phi) is 6.10. The quantitative estimate of drug-likeness (QED) is 0.822. The lowest BCUT2D eigenvalue weighted by Gasteiger charge is -2.08. The largest absolute Gasteiger partial charge is 0.497 e. The third-order valence-corrected chi connectivity index (χ3v) is 3.43. The molecule has 4 nitrogen and oxygen atoms in total. The van der Waals surface area contributed by atoms with Gasteiger partial charge in [-0.3, -0.25) is 4.79 Å². The zero-order valence-electron chi connectivity index (χ0n) is 12.4. The smallest absolute Gasteiger partial charge is 0.222 e. The molecule has 0 fully saturated rings. The predicted octanol–water partition coefficient (Wildman–Crippen LogP) is 3.47. The molecule has 0 aromatic heterocycles. The number of hydrogen-bond donors (Lipinski definition) is 2. The summed E-state index contributed by atoms with van der Waals surface area (Å²) in [6, 6.07) is 15.0. The number of carbonyl (C=O) groups is 1. The highest BCUT2D eigenvalue weighted by Gasteiger charge is 2.02. The van der Waals surface area contributed by atoms with Crippen molar-refractivity contribution < 1.29 is 9.53 Å². The molecule has 0 heterocycles. The van der Waals surface area contributed by atoms with Crippen LogP contribution in [0.2, 0.25) is 5.02 Å². The summed E-state index contributed by atoms with van der Waals surface area (Å²) < 4.78 is 5.09. The Morgan fingerprint density at radius 1 is 1.09 bits per heavy atom. The zero-order chi connectivity index (χ0) is 15.8. The molecule has 2 rings (SSSR count). The predicted molar refractivity (Wildman–Crippen MR) is 89.4 cm³/mol. The van der Waals surface area contributed by atoms with E-state index in [1.165, 1.54) is 0 Å². The normalized spacial score (nSPS) is 10.1. The molecule has 0 unspecified atom stereocenters. The lowest BCUT2D eigenvalue weighted by molar-refractivity contribution is -0.121.